The van der Waals surface area contributed by atoms with Crippen LogP contribution >= 0.6 is 12.2 Å². The van der Waals surface area contributed by atoms with Crippen LogP contribution < -0.4 is 20.7 Å². The second kappa shape index (κ2) is 7.04. The third-order valence-electron chi connectivity index (χ3n) is 3.72. The van der Waals surface area contributed by atoms with Gasteiger partial charge in [0.05, 0.1) is 11.9 Å². The van der Waals surface area contributed by atoms with E-state index in [0.717, 1.165) is 6.20 Å². The Balaban J connectivity index is 1.57. The maximum absolute atomic E-state index is 14.1. The van der Waals surface area contributed by atoms with E-state index in [9.17, 15) is 9.50 Å². The second-order valence-corrected chi connectivity index (χ2v) is 6.23. The van der Waals surface area contributed by atoms with Gasteiger partial charge in [0.25, 0.3) is 0 Å². The largest absolute Gasteiger partial charge is 0.508 e. The summed E-state index contributed by atoms with van der Waals surface area (Å²) in [6.07, 6.45) is 1.06. The molecule has 1 aliphatic rings. The fourth-order valence-corrected chi connectivity index (χ4v) is 2.69. The van der Waals surface area contributed by atoms with Crippen LogP contribution in [0.5, 0.6) is 11.5 Å². The molecule has 0 atom stereocenters. The molecular weight excluding hydrogens is 369 g/mol. The first-order chi connectivity index (χ1) is 13.1. The molecule has 2 heterocycles. The van der Waals surface area contributed by atoms with E-state index in [1.807, 2.05) is 0 Å². The number of fused-ring (bicyclic) bond motifs is 1. The molecule has 9 heteroatoms. The van der Waals surface area contributed by atoms with E-state index in [-0.39, 0.29) is 17.5 Å². The molecule has 0 bridgehead atoms. The molecule has 0 amide bonds. The molecule has 0 saturated carbocycles. The maximum atomic E-state index is 14.1. The van der Waals surface area contributed by atoms with E-state index < -0.39 is 5.82 Å². The number of phenols is 1. The molecule has 1 aromatic heterocycles. The molecule has 7 nitrogen and oxygen atoms in total. The number of thiocarbonyl (C=S) groups is 1. The van der Waals surface area contributed by atoms with Gasteiger partial charge in [-0.05, 0) is 30.3 Å². The van der Waals surface area contributed by atoms with Gasteiger partial charge in [-0.1, -0.05) is 18.3 Å². The Morgan fingerprint density at radius 3 is 2.85 bits per heavy atom. The Morgan fingerprint density at radius 2 is 2.00 bits per heavy atom. The van der Waals surface area contributed by atoms with E-state index in [0.29, 0.717) is 34.4 Å². The smallest absolute Gasteiger partial charge is 0.229 e. The van der Waals surface area contributed by atoms with E-state index >= 15 is 0 Å². The van der Waals surface area contributed by atoms with Gasteiger partial charge in [-0.2, -0.15) is 4.98 Å². The molecule has 1 aliphatic heterocycles. The zero-order valence-electron chi connectivity index (χ0n) is 13.9. The van der Waals surface area contributed by atoms with Crippen LogP contribution in [0.15, 0.2) is 48.7 Å². The number of hydrogen-bond acceptors (Lipinski definition) is 7. The average Bonchev–Trinajstić information content (AvgIpc) is 2.64. The van der Waals surface area contributed by atoms with E-state index in [4.69, 9.17) is 17.0 Å². The predicted molar refractivity (Wildman–Crippen MR) is 105 cm³/mol. The summed E-state index contributed by atoms with van der Waals surface area (Å²) in [5, 5.41) is 18.4. The average molecular weight is 383 g/mol. The summed E-state index contributed by atoms with van der Waals surface area (Å²) in [4.78, 5) is 8.64. The lowest BCUT2D eigenvalue weighted by atomic mass is 10.2. The summed E-state index contributed by atoms with van der Waals surface area (Å²) < 4.78 is 19.6. The van der Waals surface area contributed by atoms with Gasteiger partial charge in [-0.15, -0.1) is 0 Å². The summed E-state index contributed by atoms with van der Waals surface area (Å²) in [5.41, 5.74) is 1.88. The van der Waals surface area contributed by atoms with Crippen LogP contribution in [-0.4, -0.2) is 26.7 Å². The number of ether oxygens (including phenoxy) is 1. The molecule has 0 unspecified atom stereocenters. The van der Waals surface area contributed by atoms with Gasteiger partial charge in [-0.3, -0.25) is 0 Å². The van der Waals surface area contributed by atoms with Gasteiger partial charge in [0, 0.05) is 17.4 Å². The Kier molecular flexibility index (Phi) is 4.43. The number of aromatic hydroxyl groups is 1. The summed E-state index contributed by atoms with van der Waals surface area (Å²) >= 11 is 5.10. The monoisotopic (exact) mass is 383 g/mol. The highest BCUT2D eigenvalue weighted by atomic mass is 32.1. The highest BCUT2D eigenvalue weighted by molar-refractivity contribution is 7.80. The molecule has 0 fully saturated rings. The summed E-state index contributed by atoms with van der Waals surface area (Å²) in [5.74, 6) is 0.358. The Morgan fingerprint density at radius 1 is 1.15 bits per heavy atom. The highest BCUT2D eigenvalue weighted by Crippen LogP contribution is 2.32. The molecule has 136 valence electrons. The molecule has 0 radical (unpaired) electrons. The molecular formula is C18H14FN5O2S. The number of aromatic nitrogens is 2. The Hall–Kier alpha value is -3.46. The number of nitrogens with zero attached hydrogens (tertiary/aromatic N) is 2. The standard InChI is InChI=1S/C18H14FN5O2S/c19-13-8-20-18(22-10-2-1-3-12(25)6-10)24-17(13)21-11-4-5-15-14(7-11)23-16(27)9-26-15/h1-8,25H,9H2,(H,23,27)(H2,20,21,22,24). The van der Waals surface area contributed by atoms with Crippen LogP contribution in [0.4, 0.5) is 33.2 Å². The molecule has 0 spiro atoms. The molecule has 3 aromatic rings. The van der Waals surface area contributed by atoms with E-state index in [2.05, 4.69) is 25.9 Å². The SMILES string of the molecule is Oc1cccc(Nc2ncc(F)c(Nc3ccc4c(c3)NC(=S)CO4)n2)c1. The summed E-state index contributed by atoms with van der Waals surface area (Å²) in [6, 6.07) is 11.7. The first-order valence-corrected chi connectivity index (χ1v) is 8.40. The number of anilines is 5. The van der Waals surface area contributed by atoms with Crippen molar-refractivity contribution in [3.63, 3.8) is 0 Å². The van der Waals surface area contributed by atoms with Gasteiger partial charge >= 0.3 is 0 Å². The minimum atomic E-state index is -0.603. The highest BCUT2D eigenvalue weighted by Gasteiger charge is 2.15. The molecule has 2 aromatic carbocycles. The number of halogens is 1. The number of hydrogen-bond donors (Lipinski definition) is 4. The third-order valence-corrected chi connectivity index (χ3v) is 3.94. The fourth-order valence-electron chi connectivity index (χ4n) is 2.53. The van der Waals surface area contributed by atoms with Crippen LogP contribution in [-0.2, 0) is 0 Å². The number of rotatable bonds is 4. The van der Waals surface area contributed by atoms with Crippen LogP contribution in [0.2, 0.25) is 0 Å². The van der Waals surface area contributed by atoms with Crippen LogP contribution in [0.3, 0.4) is 0 Å². The Bertz CT molecular complexity index is 1030. The van der Waals surface area contributed by atoms with Crippen molar-refractivity contribution in [1.29, 1.82) is 0 Å². The fraction of sp³-hybridized carbons (Fsp3) is 0.0556. The first kappa shape index (κ1) is 17.0. The zero-order valence-corrected chi connectivity index (χ0v) is 14.7. The van der Waals surface area contributed by atoms with E-state index in [1.54, 1.807) is 36.4 Å². The van der Waals surface area contributed by atoms with Crippen LogP contribution in [0, 0.1) is 5.82 Å². The second-order valence-electron chi connectivity index (χ2n) is 5.74. The van der Waals surface area contributed by atoms with E-state index in [1.165, 1.54) is 6.07 Å². The minimum absolute atomic E-state index is 0.00640. The topological polar surface area (TPSA) is 91.3 Å². The van der Waals surface area contributed by atoms with Crippen LogP contribution in [0.25, 0.3) is 0 Å². The molecule has 4 N–H and O–H groups in total. The van der Waals surface area contributed by atoms with Crippen molar-refractivity contribution in [2.24, 2.45) is 0 Å². The van der Waals surface area contributed by atoms with Gasteiger partial charge in [0.15, 0.2) is 11.6 Å². The van der Waals surface area contributed by atoms with Crippen molar-refractivity contribution >= 4 is 46.0 Å². The Labute approximate surface area is 159 Å². The van der Waals surface area contributed by atoms with Crippen molar-refractivity contribution in [3.8, 4) is 11.5 Å². The van der Waals surface area contributed by atoms with Crippen LogP contribution in [0.1, 0.15) is 0 Å². The lowest BCUT2D eigenvalue weighted by Gasteiger charge is -2.20. The zero-order chi connectivity index (χ0) is 18.8. The third kappa shape index (κ3) is 3.87. The maximum Gasteiger partial charge on any atom is 0.229 e. The molecule has 0 saturated heterocycles. The van der Waals surface area contributed by atoms with Gasteiger partial charge in [-0.25, -0.2) is 9.37 Å². The normalized spacial score (nSPS) is 12.6. The quantitative estimate of drug-likeness (QED) is 0.504. The van der Waals surface area contributed by atoms with Crippen molar-refractivity contribution in [1.82, 2.24) is 9.97 Å². The van der Waals surface area contributed by atoms with Gasteiger partial charge < -0.3 is 25.8 Å². The van der Waals surface area contributed by atoms with Gasteiger partial charge in [0.1, 0.15) is 23.1 Å². The molecule has 4 rings (SSSR count). The van der Waals surface area contributed by atoms with Crippen molar-refractivity contribution < 1.29 is 14.2 Å². The summed E-state index contributed by atoms with van der Waals surface area (Å²) in [7, 11) is 0. The molecule has 0 aliphatic carbocycles. The lowest BCUT2D eigenvalue weighted by molar-refractivity contribution is 0.375. The number of nitrogens with one attached hydrogen (secondary N) is 3. The minimum Gasteiger partial charge on any atom is -0.508 e. The van der Waals surface area contributed by atoms with Gasteiger partial charge in [0.2, 0.25) is 5.95 Å². The number of phenolic OH excluding ortho intramolecular Hbond substituents is 1. The summed E-state index contributed by atoms with van der Waals surface area (Å²) in [6.45, 7) is 0.333. The number of benzene rings is 2. The molecule has 27 heavy (non-hydrogen) atoms. The van der Waals surface area contributed by atoms with Crippen molar-refractivity contribution in [2.45, 2.75) is 0 Å². The van der Waals surface area contributed by atoms with Crippen molar-refractivity contribution in [3.05, 3.63) is 54.5 Å². The van der Waals surface area contributed by atoms with Crippen molar-refractivity contribution in [2.75, 3.05) is 22.6 Å². The first-order valence-electron chi connectivity index (χ1n) is 7.99. The lowest BCUT2D eigenvalue weighted by Crippen LogP contribution is -2.23. The predicted octanol–water partition coefficient (Wildman–Crippen LogP) is 3.94.